The Bertz CT molecular complexity index is 1140. The Morgan fingerprint density at radius 2 is 1.75 bits per heavy atom. The summed E-state index contributed by atoms with van der Waals surface area (Å²) >= 11 is 0. The van der Waals surface area contributed by atoms with E-state index in [1.54, 1.807) is 44.9 Å². The van der Waals surface area contributed by atoms with Gasteiger partial charge in [0.2, 0.25) is 0 Å². The van der Waals surface area contributed by atoms with E-state index < -0.39 is 0 Å². The molecule has 0 aliphatic carbocycles. The summed E-state index contributed by atoms with van der Waals surface area (Å²) < 4.78 is 20.1. The summed E-state index contributed by atoms with van der Waals surface area (Å²) in [5.41, 5.74) is 3.23. The van der Waals surface area contributed by atoms with E-state index in [1.165, 1.54) is 17.0 Å². The molecule has 0 bridgehead atoms. The minimum atomic E-state index is -0.355. The van der Waals surface area contributed by atoms with Crippen molar-refractivity contribution >= 4 is 17.2 Å². The lowest BCUT2D eigenvalue weighted by molar-refractivity contribution is 0.0988. The zero-order valence-corrected chi connectivity index (χ0v) is 15.3. The SMILES string of the molecule is COc1ccc(-c2cnc3cnc(C(=O)N(C)c4ccc(F)cc4)cn23)cc1. The Balaban J connectivity index is 1.70. The molecule has 0 atom stereocenters. The maximum atomic E-state index is 13.1. The van der Waals surface area contributed by atoms with Crippen molar-refractivity contribution < 1.29 is 13.9 Å². The van der Waals surface area contributed by atoms with Crippen molar-refractivity contribution in [1.29, 1.82) is 0 Å². The number of aromatic nitrogens is 3. The molecule has 140 valence electrons. The number of amides is 1. The number of benzene rings is 2. The normalized spacial score (nSPS) is 10.8. The first-order valence-electron chi connectivity index (χ1n) is 8.58. The maximum Gasteiger partial charge on any atom is 0.278 e. The number of carbonyl (C=O) groups excluding carboxylic acids is 1. The summed E-state index contributed by atoms with van der Waals surface area (Å²) in [6.07, 6.45) is 4.94. The van der Waals surface area contributed by atoms with Gasteiger partial charge >= 0.3 is 0 Å². The fraction of sp³-hybridized carbons (Fsp3) is 0.0952. The fourth-order valence-electron chi connectivity index (χ4n) is 2.93. The van der Waals surface area contributed by atoms with Crippen LogP contribution in [0.5, 0.6) is 5.75 Å². The Labute approximate surface area is 160 Å². The van der Waals surface area contributed by atoms with E-state index in [0.717, 1.165) is 17.0 Å². The third kappa shape index (κ3) is 3.18. The van der Waals surface area contributed by atoms with Gasteiger partial charge in [0.25, 0.3) is 5.91 Å². The van der Waals surface area contributed by atoms with Crippen LogP contribution < -0.4 is 9.64 Å². The molecule has 0 aliphatic rings. The molecule has 0 aliphatic heterocycles. The van der Waals surface area contributed by atoms with E-state index in [1.807, 2.05) is 28.7 Å². The highest BCUT2D eigenvalue weighted by atomic mass is 19.1. The van der Waals surface area contributed by atoms with Gasteiger partial charge in [0, 0.05) is 24.5 Å². The summed E-state index contributed by atoms with van der Waals surface area (Å²) in [6, 6.07) is 13.3. The van der Waals surface area contributed by atoms with Gasteiger partial charge in [-0.1, -0.05) is 0 Å². The standard InChI is InChI=1S/C21H17FN4O2/c1-25(16-7-5-15(22)6-8-16)21(27)18-13-26-19(11-24-20(26)12-23-18)14-3-9-17(28-2)10-4-14/h3-13H,1-2H3. The molecular formula is C21H17FN4O2. The largest absolute Gasteiger partial charge is 0.497 e. The molecular weight excluding hydrogens is 359 g/mol. The number of methoxy groups -OCH3 is 1. The van der Waals surface area contributed by atoms with Crippen LogP contribution in [0.25, 0.3) is 16.9 Å². The minimum absolute atomic E-state index is 0.257. The number of fused-ring (bicyclic) bond motifs is 1. The molecule has 0 fully saturated rings. The molecule has 6 nitrogen and oxygen atoms in total. The van der Waals surface area contributed by atoms with Crippen molar-refractivity contribution in [3.8, 4) is 17.0 Å². The van der Waals surface area contributed by atoms with Crippen LogP contribution in [-0.2, 0) is 0 Å². The Kier molecular flexibility index (Phi) is 4.49. The van der Waals surface area contributed by atoms with Gasteiger partial charge in [-0.3, -0.25) is 9.20 Å². The highest BCUT2D eigenvalue weighted by Crippen LogP contribution is 2.24. The van der Waals surface area contributed by atoms with E-state index in [2.05, 4.69) is 9.97 Å². The zero-order chi connectivity index (χ0) is 19.7. The van der Waals surface area contributed by atoms with Crippen LogP contribution in [0.4, 0.5) is 10.1 Å². The first-order chi connectivity index (χ1) is 13.6. The second-order valence-corrected chi connectivity index (χ2v) is 6.21. The molecule has 2 heterocycles. The van der Waals surface area contributed by atoms with E-state index >= 15 is 0 Å². The highest BCUT2D eigenvalue weighted by Gasteiger charge is 2.17. The molecule has 7 heteroatoms. The number of halogens is 1. The number of ether oxygens (including phenoxy) is 1. The average Bonchev–Trinajstić information content (AvgIpc) is 3.16. The molecule has 0 saturated carbocycles. The van der Waals surface area contributed by atoms with E-state index in [0.29, 0.717) is 11.3 Å². The summed E-state index contributed by atoms with van der Waals surface area (Å²) in [4.78, 5) is 22.9. The van der Waals surface area contributed by atoms with Crippen LogP contribution in [0, 0.1) is 5.82 Å². The molecule has 0 N–H and O–H groups in total. The van der Waals surface area contributed by atoms with Crippen LogP contribution in [0.3, 0.4) is 0 Å². The number of hydrogen-bond donors (Lipinski definition) is 0. The molecule has 0 saturated heterocycles. The monoisotopic (exact) mass is 376 g/mol. The van der Waals surface area contributed by atoms with E-state index in [-0.39, 0.29) is 17.4 Å². The molecule has 0 unspecified atom stereocenters. The van der Waals surface area contributed by atoms with Crippen LogP contribution in [0.15, 0.2) is 67.1 Å². The lowest BCUT2D eigenvalue weighted by atomic mass is 10.1. The number of hydrogen-bond acceptors (Lipinski definition) is 4. The molecule has 4 rings (SSSR count). The number of anilines is 1. The predicted octanol–water partition coefficient (Wildman–Crippen LogP) is 3.82. The highest BCUT2D eigenvalue weighted by molar-refractivity contribution is 6.04. The summed E-state index contributed by atoms with van der Waals surface area (Å²) in [7, 11) is 3.24. The molecule has 0 spiro atoms. The fourth-order valence-corrected chi connectivity index (χ4v) is 2.93. The van der Waals surface area contributed by atoms with Crippen LogP contribution >= 0.6 is 0 Å². The van der Waals surface area contributed by atoms with Crippen molar-refractivity contribution in [2.75, 3.05) is 19.1 Å². The Hall–Kier alpha value is -3.74. The molecule has 4 aromatic rings. The average molecular weight is 376 g/mol. The van der Waals surface area contributed by atoms with Gasteiger partial charge in [-0.15, -0.1) is 0 Å². The first-order valence-corrected chi connectivity index (χ1v) is 8.58. The molecule has 2 aromatic heterocycles. The number of imidazole rings is 1. The topological polar surface area (TPSA) is 59.7 Å². The number of nitrogens with zero attached hydrogens (tertiary/aromatic N) is 4. The predicted molar refractivity (Wildman–Crippen MR) is 104 cm³/mol. The number of rotatable bonds is 4. The van der Waals surface area contributed by atoms with Crippen molar-refractivity contribution in [2.24, 2.45) is 0 Å². The minimum Gasteiger partial charge on any atom is -0.497 e. The molecule has 28 heavy (non-hydrogen) atoms. The Morgan fingerprint density at radius 1 is 1.04 bits per heavy atom. The quantitative estimate of drug-likeness (QED) is 0.543. The summed E-state index contributed by atoms with van der Waals surface area (Å²) in [6.45, 7) is 0. The molecule has 0 radical (unpaired) electrons. The lowest BCUT2D eigenvalue weighted by Gasteiger charge is -2.17. The van der Waals surface area contributed by atoms with Gasteiger partial charge in [-0.05, 0) is 48.5 Å². The second-order valence-electron chi connectivity index (χ2n) is 6.21. The smallest absolute Gasteiger partial charge is 0.278 e. The van der Waals surface area contributed by atoms with Crippen LogP contribution in [0.1, 0.15) is 10.5 Å². The van der Waals surface area contributed by atoms with E-state index in [9.17, 15) is 9.18 Å². The van der Waals surface area contributed by atoms with E-state index in [4.69, 9.17) is 4.74 Å². The Morgan fingerprint density at radius 3 is 2.43 bits per heavy atom. The van der Waals surface area contributed by atoms with Gasteiger partial charge in [-0.2, -0.15) is 0 Å². The summed E-state index contributed by atoms with van der Waals surface area (Å²) in [5, 5.41) is 0. The van der Waals surface area contributed by atoms with Crippen molar-refractivity contribution in [3.05, 3.63) is 78.6 Å². The lowest BCUT2D eigenvalue weighted by Crippen LogP contribution is -2.27. The van der Waals surface area contributed by atoms with Crippen molar-refractivity contribution in [2.45, 2.75) is 0 Å². The van der Waals surface area contributed by atoms with Gasteiger partial charge in [-0.25, -0.2) is 14.4 Å². The maximum absolute atomic E-state index is 13.1. The zero-order valence-electron chi connectivity index (χ0n) is 15.3. The van der Waals surface area contributed by atoms with Gasteiger partial charge in [0.05, 0.1) is 25.2 Å². The van der Waals surface area contributed by atoms with Crippen LogP contribution in [-0.4, -0.2) is 34.4 Å². The van der Waals surface area contributed by atoms with Crippen molar-refractivity contribution in [1.82, 2.24) is 14.4 Å². The third-order valence-corrected chi connectivity index (χ3v) is 4.52. The molecule has 2 aromatic carbocycles. The summed E-state index contributed by atoms with van der Waals surface area (Å²) in [5.74, 6) is 0.102. The van der Waals surface area contributed by atoms with Gasteiger partial charge < -0.3 is 9.64 Å². The molecule has 1 amide bonds. The van der Waals surface area contributed by atoms with Gasteiger partial charge in [0.15, 0.2) is 5.65 Å². The third-order valence-electron chi connectivity index (χ3n) is 4.52. The van der Waals surface area contributed by atoms with Gasteiger partial charge in [0.1, 0.15) is 17.3 Å². The van der Waals surface area contributed by atoms with Crippen molar-refractivity contribution in [3.63, 3.8) is 0 Å². The number of carbonyl (C=O) groups is 1. The first kappa shape index (κ1) is 17.7. The van der Waals surface area contributed by atoms with Crippen LogP contribution in [0.2, 0.25) is 0 Å². The second kappa shape index (κ2) is 7.11.